The lowest BCUT2D eigenvalue weighted by molar-refractivity contribution is -0.138. The van der Waals surface area contributed by atoms with E-state index in [9.17, 15) is 91.7 Å². The van der Waals surface area contributed by atoms with Crippen LogP contribution in [0.15, 0.2) is 242 Å². The second kappa shape index (κ2) is 50.3. The number of hydrogen-bond acceptors (Lipinski definition) is 15. The molecule has 12 aromatic rings. The van der Waals surface area contributed by atoms with Gasteiger partial charge in [-0.3, -0.25) is 28.8 Å². The van der Waals surface area contributed by atoms with Crippen LogP contribution < -0.4 is 16.7 Å². The lowest BCUT2D eigenvalue weighted by atomic mass is 9.98. The molecule has 2 atom stereocenters. The van der Waals surface area contributed by atoms with Crippen molar-refractivity contribution in [1.29, 1.82) is 0 Å². The van der Waals surface area contributed by atoms with Gasteiger partial charge in [-0.05, 0) is 249 Å². The molecule has 15 rings (SSSR count). The Morgan fingerprint density at radius 3 is 1.22 bits per heavy atom. The van der Waals surface area contributed by atoms with Crippen LogP contribution in [-0.4, -0.2) is 154 Å². The molecule has 0 aliphatic heterocycles. The highest BCUT2D eigenvalue weighted by Gasteiger charge is 2.36. The number of hydrogen-bond donors (Lipinski definition) is 0. The molecule has 0 saturated heterocycles. The first-order chi connectivity index (χ1) is 86.9. The molecule has 762 valence electrons. The summed E-state index contributed by atoms with van der Waals surface area (Å²) in [6.45, 7) is -30.0. The van der Waals surface area contributed by atoms with E-state index >= 15 is 4.79 Å². The highest BCUT2D eigenvalue weighted by Crippen LogP contribution is 2.39. The Labute approximate surface area is 910 Å². The van der Waals surface area contributed by atoms with E-state index in [1.165, 1.54) is 67.6 Å². The van der Waals surface area contributed by atoms with Gasteiger partial charge in [0, 0.05) is 127 Å². The second-order valence-electron chi connectivity index (χ2n) is 31.1. The number of thioether (sulfide) groups is 3. The largest absolute Gasteiger partial charge is 0.416 e. The highest BCUT2D eigenvalue weighted by atomic mass is 32.2. The molecule has 0 saturated carbocycles. The summed E-state index contributed by atoms with van der Waals surface area (Å²) in [7, 11) is 0. The maximum atomic E-state index is 15.2. The third-order valence-electron chi connectivity index (χ3n) is 21.8. The third kappa shape index (κ3) is 29.1. The van der Waals surface area contributed by atoms with Gasteiger partial charge in [-0.15, -0.1) is 0 Å². The fourth-order valence-electron chi connectivity index (χ4n) is 14.4. The zero-order valence-corrected chi connectivity index (χ0v) is 80.4. The maximum Gasteiger partial charge on any atom is 0.416 e. The number of carbonyl (C=O) groups is 3. The van der Waals surface area contributed by atoms with Gasteiger partial charge in [0.2, 0.25) is 17.7 Å². The van der Waals surface area contributed by atoms with E-state index in [0.717, 1.165) is 122 Å². The fourth-order valence-corrected chi connectivity index (χ4v) is 17.0. The van der Waals surface area contributed by atoms with Gasteiger partial charge < -0.3 is 43.1 Å². The molecule has 33 heteroatoms. The smallest absolute Gasteiger partial charge is 0.336 e. The zero-order chi connectivity index (χ0) is 145. The molecule has 3 amide bonds. The van der Waals surface area contributed by atoms with Crippen molar-refractivity contribution in [3.63, 3.8) is 0 Å². The van der Waals surface area contributed by atoms with Crippen molar-refractivity contribution in [3.05, 3.63) is 350 Å². The summed E-state index contributed by atoms with van der Waals surface area (Å²) in [5.74, 6) is -11.7. The average Bonchev–Trinajstić information content (AvgIpc) is 1.51. The lowest BCUT2D eigenvalue weighted by Crippen LogP contribution is -2.42. The minimum absolute atomic E-state index is 0.0258. The Hall–Kier alpha value is -11.9. The number of carbonyl (C=O) groups excluding carboxylic acids is 3. The number of amides is 3. The normalized spacial score (nSPS) is 20.8. The average molecular weight is 2090 g/mol. The number of alkyl halides is 9. The number of nitrogens with zero attached hydrogens (tertiary/aromatic N) is 12. The molecule has 3 aromatic heterocycles. The predicted molar refractivity (Wildman–Crippen MR) is 544 cm³/mol. The van der Waals surface area contributed by atoms with Gasteiger partial charge in [-0.2, -0.15) is 54.5 Å². The van der Waals surface area contributed by atoms with Gasteiger partial charge in [0.05, 0.1) is 63.8 Å². The Kier molecular flexibility index (Phi) is 21.7. The van der Waals surface area contributed by atoms with Crippen molar-refractivity contribution < 1.29 is 131 Å². The maximum absolute atomic E-state index is 15.2. The number of fused-ring (bicyclic) bond motifs is 3. The summed E-state index contributed by atoms with van der Waals surface area (Å²) < 4.78 is 574. The summed E-state index contributed by atoms with van der Waals surface area (Å²) in [6.07, 6.45) is -20.7. The number of halogens is 12. The summed E-state index contributed by atoms with van der Waals surface area (Å²) in [6, 6.07) is -6.42. The van der Waals surface area contributed by atoms with Crippen molar-refractivity contribution in [2.24, 2.45) is 5.89 Å². The van der Waals surface area contributed by atoms with Crippen LogP contribution in [0.4, 0.5) is 52.7 Å². The van der Waals surface area contributed by atoms with Gasteiger partial charge >= 0.3 is 18.5 Å². The van der Waals surface area contributed by atoms with Crippen molar-refractivity contribution in [2.45, 2.75) is 203 Å². The topological polar surface area (TPSA) is 175 Å². The third-order valence-corrected chi connectivity index (χ3v) is 24.7. The molecule has 0 fully saturated rings. The van der Waals surface area contributed by atoms with E-state index in [2.05, 4.69) is 15.0 Å². The number of likely N-dealkylation sites (N-methyl/N-ethyl adjacent to an activating group) is 3. The van der Waals surface area contributed by atoms with Crippen LogP contribution in [0.1, 0.15) is 228 Å². The lowest BCUT2D eigenvalue weighted by Gasteiger charge is -2.33. The van der Waals surface area contributed by atoms with Crippen molar-refractivity contribution in [1.82, 2.24) is 58.1 Å². The molecule has 0 N–H and O–H groups in total. The van der Waals surface area contributed by atoms with Crippen LogP contribution in [-0.2, 0) is 121 Å². The standard InChI is InChI=1S/3C37H40F4N4O2S/c1-4-43(5-2)18-19-44(22-26-6-10-28(11-7-26)29-12-14-30(15-13-29)37(39,40)41)34(46)23-45-33-21-25(3)20-32(33)35(47)42-36(45)48-24-27-8-16-31(38)17-9-27;1-4-43(5-2)21-22-44(25(3)27-11-13-28(14-12-27)29-15-17-30(18-16-29)37(39,40)41)34(46)23-45-33-8-6-7-32(33)35(47)42-36(45)48-24-26-9-19-31(38)20-10-26;1-4-43(5-2)19-20-44(22-26-9-13-28(14-10-26)29-15-18-32(25(3)21-29)37(39,40)41)34(46)23-45-33-8-6-7-31(33)35(47)42-36(45)48-24-27-11-16-30(38)17-12-27/h6-17,25H,4-5,18-24H2,1-3H3;9-20,25H,4-8,21-24H2,1-3H3;9-18,21H,4-8,19-20,22-24H2,1-3H3/i4D2,5D2,6D,7D,10D,11D,12D,13D,14D,15D,20D2,21D2,22D2,23D2,25D;4D2,5D2,9D,10D,19D,20D,23D2,25D;4D2,5D2,9D,10D,13D,14D,15D,18D,21D,22D2,23D2. The fraction of sp³-hybridized carbons (Fsp3) is 0.378. The van der Waals surface area contributed by atoms with Gasteiger partial charge in [-0.1, -0.05) is 229 Å². The van der Waals surface area contributed by atoms with Crippen LogP contribution in [0.5, 0.6) is 0 Å². The first kappa shape index (κ1) is 62.2. The Balaban J connectivity index is 0.000000232. The van der Waals surface area contributed by atoms with E-state index in [4.69, 9.17) is 49.3 Å². The quantitative estimate of drug-likeness (QED) is 0.0202. The van der Waals surface area contributed by atoms with E-state index < -0.39 is 398 Å². The zero-order valence-electron chi connectivity index (χ0n) is 125. The predicted octanol–water partition coefficient (Wildman–Crippen LogP) is 22.8. The summed E-state index contributed by atoms with van der Waals surface area (Å²) in [5.41, 5.74) is -16.0. The molecule has 3 aliphatic rings. The van der Waals surface area contributed by atoms with Crippen molar-refractivity contribution >= 4 is 53.0 Å². The molecule has 9 aromatic carbocycles. The molecule has 3 heterocycles. The van der Waals surface area contributed by atoms with Crippen LogP contribution in [0.3, 0.4) is 0 Å². The molecule has 144 heavy (non-hydrogen) atoms. The monoisotopic (exact) mass is 2090 g/mol. The molecule has 0 spiro atoms. The minimum atomic E-state index is -5.44. The molecular weight excluding hydrogens is 1920 g/mol. The van der Waals surface area contributed by atoms with Crippen LogP contribution >= 0.6 is 35.3 Å². The SMILES string of the molecule is [2H]c1c([2H])c(C(F)(F)F)c([2H])c([2H])c1-c1c([2H])c([2H])c(C([2H])([2H])N(CCN(C([2H])([2H])C)C([2H])([2H])C)C(=O)C([2H])([2H])n2c(SCc3ccc(F)cc3)nc(=O)c3c2C([2H])([2H])C([2H])(C)C3([2H])[2H])c([2H])c1[2H].[2H]c1c([2H])c(C([2H])([2H])N(CCN(C([2H])([2H])C)C([2H])([2H])C)C(=O)C([2H])([2H])n2c(SCc3ccc(F)cc3)nc(=O)c3c2CCC3)c([2H])c([2H])c1-c1c([2H])c([2H])c(C(F)(F)F)c(C)c1[2H].[2H]c1c([2H])c(CSc2nc(=O)c3c(n2C([2H])([2H])C(=O)N(CCN(C([2H])([2H])C)C([2H])([2H])C)C([2H])(C)c2ccc(-c4ccc(C(F)(F)F)cc4)cc2)CCC3)c([2H])c([2H])c1F. The van der Waals surface area contributed by atoms with E-state index in [1.807, 2.05) is 0 Å². The summed E-state index contributed by atoms with van der Waals surface area (Å²) in [4.78, 5) is 99.6. The van der Waals surface area contributed by atoms with Crippen molar-refractivity contribution in [3.8, 4) is 33.4 Å². The first-order valence-corrected chi connectivity index (χ1v) is 46.6. The van der Waals surface area contributed by atoms with E-state index in [-0.39, 0.29) is 101 Å². The minimum Gasteiger partial charge on any atom is -0.336 e. The van der Waals surface area contributed by atoms with Gasteiger partial charge in [0.1, 0.15) is 36.9 Å². The van der Waals surface area contributed by atoms with E-state index in [1.54, 1.807) is 0 Å². The van der Waals surface area contributed by atoms with Crippen LogP contribution in [0.25, 0.3) is 33.4 Å². The number of rotatable bonds is 39. The molecule has 3 aliphatic carbocycles. The summed E-state index contributed by atoms with van der Waals surface area (Å²) in [5, 5.41) is -1.63. The first-order valence-electron chi connectivity index (χ1n) is 67.2. The summed E-state index contributed by atoms with van der Waals surface area (Å²) >= 11 is 1.83. The van der Waals surface area contributed by atoms with Crippen LogP contribution in [0, 0.1) is 30.3 Å². The Morgan fingerprint density at radius 1 is 0.424 bits per heavy atom. The Morgan fingerprint density at radius 2 is 0.799 bits per heavy atom. The van der Waals surface area contributed by atoms with Crippen molar-refractivity contribution in [2.75, 3.05) is 78.2 Å². The number of benzene rings is 9. The van der Waals surface area contributed by atoms with Gasteiger partial charge in [0.25, 0.3) is 16.7 Å². The molecule has 2 unspecified atom stereocenters. The molecular formula is C111H120F12N12O6S3. The molecule has 0 radical (unpaired) electrons. The second-order valence-corrected chi connectivity index (χ2v) is 34.0. The van der Waals surface area contributed by atoms with E-state index in [0.29, 0.717) is 62.9 Å². The van der Waals surface area contributed by atoms with Gasteiger partial charge in [0.15, 0.2) is 15.5 Å². The van der Waals surface area contributed by atoms with Gasteiger partial charge in [-0.25, -0.2) is 13.2 Å². The molecule has 18 nitrogen and oxygen atoms in total. The number of aromatic nitrogens is 6. The molecule has 0 bridgehead atoms. The van der Waals surface area contributed by atoms with Crippen LogP contribution in [0.2, 0.25) is 0 Å². The highest BCUT2D eigenvalue weighted by molar-refractivity contribution is 7.98. The Bertz CT molecular complexity index is 9090.